The van der Waals surface area contributed by atoms with E-state index in [4.69, 9.17) is 10.5 Å². The topological polar surface area (TPSA) is 38.5 Å². The third-order valence-corrected chi connectivity index (χ3v) is 3.85. The Bertz CT molecular complexity index is 436. The number of rotatable bonds is 3. The molecule has 0 radical (unpaired) electrons. The first-order valence-corrected chi connectivity index (χ1v) is 6.31. The zero-order valence-corrected chi connectivity index (χ0v) is 11.2. The molecule has 2 N–H and O–H groups in total. The molecule has 2 unspecified atom stereocenters. The number of nitrogens with two attached hydrogens (primary N) is 1. The van der Waals surface area contributed by atoms with Crippen LogP contribution in [0.2, 0.25) is 0 Å². The lowest BCUT2D eigenvalue weighted by Gasteiger charge is -2.22. The normalized spacial score (nSPS) is 24.5. The van der Waals surface area contributed by atoms with Crippen molar-refractivity contribution >= 4 is 0 Å². The molecular formula is C14H21FN2O. The predicted molar refractivity (Wildman–Crippen MR) is 70.2 cm³/mol. The molecule has 0 amide bonds. The summed E-state index contributed by atoms with van der Waals surface area (Å²) >= 11 is 0. The Morgan fingerprint density at radius 2 is 2.22 bits per heavy atom. The molecule has 18 heavy (non-hydrogen) atoms. The average molecular weight is 252 g/mol. The highest BCUT2D eigenvalue weighted by Gasteiger charge is 2.32. The number of methoxy groups -OCH3 is 1. The molecule has 100 valence electrons. The van der Waals surface area contributed by atoms with Gasteiger partial charge in [-0.2, -0.15) is 0 Å². The first-order valence-electron chi connectivity index (χ1n) is 6.31. The number of hydrogen-bond donors (Lipinski definition) is 1. The van der Waals surface area contributed by atoms with Crippen molar-refractivity contribution in [1.82, 2.24) is 4.90 Å². The second kappa shape index (κ2) is 5.24. The Labute approximate surface area is 108 Å². The fraction of sp³-hybridized carbons (Fsp3) is 0.571. The van der Waals surface area contributed by atoms with E-state index in [-0.39, 0.29) is 11.9 Å². The molecule has 1 aliphatic rings. The lowest BCUT2D eigenvalue weighted by Crippen LogP contribution is -2.21. The largest absolute Gasteiger partial charge is 0.493 e. The van der Waals surface area contributed by atoms with E-state index in [0.717, 1.165) is 18.5 Å². The van der Waals surface area contributed by atoms with Crippen LogP contribution in [0.15, 0.2) is 12.1 Å². The highest BCUT2D eigenvalue weighted by Crippen LogP contribution is 2.39. The van der Waals surface area contributed by atoms with Gasteiger partial charge < -0.3 is 10.5 Å². The number of aryl methyl sites for hydroxylation is 1. The highest BCUT2D eigenvalue weighted by molar-refractivity contribution is 5.41. The number of nitrogens with zero attached hydrogens (tertiary/aromatic N) is 1. The lowest BCUT2D eigenvalue weighted by molar-refractivity contribution is 0.298. The molecule has 1 aliphatic heterocycles. The zero-order chi connectivity index (χ0) is 13.3. The third-order valence-electron chi connectivity index (χ3n) is 3.85. The second-order valence-corrected chi connectivity index (χ2v) is 5.11. The fourth-order valence-electron chi connectivity index (χ4n) is 2.78. The van der Waals surface area contributed by atoms with Crippen molar-refractivity contribution in [2.45, 2.75) is 19.4 Å². The zero-order valence-electron chi connectivity index (χ0n) is 11.2. The Hall–Kier alpha value is -1.13. The van der Waals surface area contributed by atoms with Crippen LogP contribution in [0.25, 0.3) is 0 Å². The molecule has 0 bridgehead atoms. The monoisotopic (exact) mass is 252 g/mol. The average Bonchev–Trinajstić information content (AvgIpc) is 2.74. The fourth-order valence-corrected chi connectivity index (χ4v) is 2.78. The van der Waals surface area contributed by atoms with Crippen molar-refractivity contribution in [3.63, 3.8) is 0 Å². The van der Waals surface area contributed by atoms with Gasteiger partial charge in [-0.05, 0) is 38.4 Å². The highest BCUT2D eigenvalue weighted by atomic mass is 19.1. The van der Waals surface area contributed by atoms with E-state index in [1.807, 2.05) is 12.1 Å². The molecule has 1 aromatic rings. The summed E-state index contributed by atoms with van der Waals surface area (Å²) in [6, 6.07) is 3.98. The number of likely N-dealkylation sites (tertiary alicyclic amines) is 1. The minimum Gasteiger partial charge on any atom is -0.493 e. The van der Waals surface area contributed by atoms with Crippen molar-refractivity contribution < 1.29 is 9.13 Å². The summed E-state index contributed by atoms with van der Waals surface area (Å²) in [6.45, 7) is 3.39. The van der Waals surface area contributed by atoms with Crippen LogP contribution in [0, 0.1) is 18.7 Å². The van der Waals surface area contributed by atoms with Crippen LogP contribution in [0.5, 0.6) is 5.75 Å². The van der Waals surface area contributed by atoms with Crippen LogP contribution in [0.1, 0.15) is 23.6 Å². The summed E-state index contributed by atoms with van der Waals surface area (Å²) < 4.78 is 19.3. The van der Waals surface area contributed by atoms with E-state index in [2.05, 4.69) is 11.9 Å². The van der Waals surface area contributed by atoms with Gasteiger partial charge in [0.25, 0.3) is 0 Å². The van der Waals surface area contributed by atoms with Crippen molar-refractivity contribution in [3.8, 4) is 5.75 Å². The van der Waals surface area contributed by atoms with Gasteiger partial charge in [0.15, 0.2) is 11.6 Å². The smallest absolute Gasteiger partial charge is 0.168 e. The maximum absolute atomic E-state index is 14.1. The van der Waals surface area contributed by atoms with Crippen molar-refractivity contribution in [2.75, 3.05) is 27.2 Å². The summed E-state index contributed by atoms with van der Waals surface area (Å²) in [5.74, 6) is 0.609. The van der Waals surface area contributed by atoms with Gasteiger partial charge in [0.05, 0.1) is 7.11 Å². The van der Waals surface area contributed by atoms with Gasteiger partial charge in [-0.15, -0.1) is 0 Å². The standard InChI is InChI=1S/C14H21FN2O/c1-9-4-5-11(14(18-3)13(9)15)12-6-10(7-16)8-17(12)2/h4-5,10,12H,6-8,16H2,1-3H3. The van der Waals surface area contributed by atoms with E-state index in [9.17, 15) is 4.39 Å². The van der Waals surface area contributed by atoms with E-state index in [1.165, 1.54) is 7.11 Å². The van der Waals surface area contributed by atoms with Gasteiger partial charge >= 0.3 is 0 Å². The maximum Gasteiger partial charge on any atom is 0.168 e. The molecule has 3 nitrogen and oxygen atoms in total. The summed E-state index contributed by atoms with van der Waals surface area (Å²) in [6.07, 6.45) is 0.964. The van der Waals surface area contributed by atoms with Gasteiger partial charge in [0.1, 0.15) is 0 Å². The van der Waals surface area contributed by atoms with E-state index in [1.54, 1.807) is 6.92 Å². The van der Waals surface area contributed by atoms with E-state index in [0.29, 0.717) is 23.8 Å². The molecule has 0 aliphatic carbocycles. The number of hydrogen-bond acceptors (Lipinski definition) is 3. The molecule has 2 rings (SSSR count). The summed E-state index contributed by atoms with van der Waals surface area (Å²) in [5.41, 5.74) is 7.28. The van der Waals surface area contributed by atoms with E-state index < -0.39 is 0 Å². The molecule has 1 aromatic carbocycles. The van der Waals surface area contributed by atoms with Gasteiger partial charge in [0, 0.05) is 18.2 Å². The van der Waals surface area contributed by atoms with Gasteiger partial charge in [-0.1, -0.05) is 12.1 Å². The van der Waals surface area contributed by atoms with Crippen molar-refractivity contribution in [1.29, 1.82) is 0 Å². The minimum absolute atomic E-state index is 0.198. The van der Waals surface area contributed by atoms with E-state index >= 15 is 0 Å². The van der Waals surface area contributed by atoms with Crippen LogP contribution >= 0.6 is 0 Å². The number of benzene rings is 1. The SMILES string of the molecule is COc1c(C2CC(CN)CN2C)ccc(C)c1F. The van der Waals surface area contributed by atoms with Crippen molar-refractivity contribution in [3.05, 3.63) is 29.1 Å². The van der Waals surface area contributed by atoms with Crippen LogP contribution in [0.4, 0.5) is 4.39 Å². The Morgan fingerprint density at radius 1 is 1.50 bits per heavy atom. The first-order chi connectivity index (χ1) is 8.58. The van der Waals surface area contributed by atoms with Gasteiger partial charge in [-0.3, -0.25) is 4.90 Å². The minimum atomic E-state index is -0.250. The molecule has 1 saturated heterocycles. The van der Waals surface area contributed by atoms with Crippen LogP contribution in [0.3, 0.4) is 0 Å². The molecule has 1 fully saturated rings. The van der Waals surface area contributed by atoms with Crippen LogP contribution in [-0.2, 0) is 0 Å². The Balaban J connectivity index is 2.36. The quantitative estimate of drug-likeness (QED) is 0.895. The van der Waals surface area contributed by atoms with Crippen molar-refractivity contribution in [2.24, 2.45) is 11.7 Å². The lowest BCUT2D eigenvalue weighted by atomic mass is 9.98. The molecule has 0 aromatic heterocycles. The Morgan fingerprint density at radius 3 is 2.78 bits per heavy atom. The third kappa shape index (κ3) is 2.22. The summed E-state index contributed by atoms with van der Waals surface area (Å²) in [7, 11) is 3.58. The summed E-state index contributed by atoms with van der Waals surface area (Å²) in [5, 5.41) is 0. The predicted octanol–water partition coefficient (Wildman–Crippen LogP) is 2.09. The van der Waals surface area contributed by atoms with Gasteiger partial charge in [-0.25, -0.2) is 4.39 Å². The molecule has 4 heteroatoms. The molecule has 0 spiro atoms. The number of halogens is 1. The molecule has 1 heterocycles. The van der Waals surface area contributed by atoms with Crippen LogP contribution in [-0.4, -0.2) is 32.1 Å². The second-order valence-electron chi connectivity index (χ2n) is 5.11. The first kappa shape index (κ1) is 13.3. The Kier molecular flexibility index (Phi) is 3.88. The molecule has 2 atom stereocenters. The molecular weight excluding hydrogens is 231 g/mol. The van der Waals surface area contributed by atoms with Crippen LogP contribution < -0.4 is 10.5 Å². The molecule has 0 saturated carbocycles. The number of ether oxygens (including phenoxy) is 1. The van der Waals surface area contributed by atoms with Gasteiger partial charge in [0.2, 0.25) is 0 Å². The maximum atomic E-state index is 14.1. The summed E-state index contributed by atoms with van der Waals surface area (Å²) in [4.78, 5) is 2.23.